The van der Waals surface area contributed by atoms with Crippen LogP contribution in [0.2, 0.25) is 0 Å². The summed E-state index contributed by atoms with van der Waals surface area (Å²) >= 11 is 0. The van der Waals surface area contributed by atoms with E-state index in [1.54, 1.807) is 38.5 Å². The highest BCUT2D eigenvalue weighted by Gasteiger charge is 2.01. The predicted octanol–water partition coefficient (Wildman–Crippen LogP) is 1.87. The number of nitrogens with one attached hydrogen (secondary N) is 2. The molecule has 0 aliphatic heterocycles. The second kappa shape index (κ2) is 10.1. The summed E-state index contributed by atoms with van der Waals surface area (Å²) < 4.78 is 15.2. The van der Waals surface area contributed by atoms with E-state index in [-0.39, 0.29) is 6.03 Å². The minimum atomic E-state index is -0.228. The van der Waals surface area contributed by atoms with Gasteiger partial charge in [0.25, 0.3) is 0 Å². The van der Waals surface area contributed by atoms with Gasteiger partial charge in [0.15, 0.2) is 0 Å². The van der Waals surface area contributed by atoms with Crippen molar-refractivity contribution >= 4 is 11.7 Å². The largest absolute Gasteiger partial charge is 0.491 e. The lowest BCUT2D eigenvalue weighted by molar-refractivity contribution is 0.146. The second-order valence-corrected chi connectivity index (χ2v) is 4.09. The van der Waals surface area contributed by atoms with Gasteiger partial charge in [0.2, 0.25) is 0 Å². The molecular weight excluding hydrogens is 260 g/mol. The van der Waals surface area contributed by atoms with E-state index in [9.17, 15) is 4.79 Å². The number of carbonyl (C=O) groups excluding carboxylic acids is 1. The van der Waals surface area contributed by atoms with E-state index in [1.165, 1.54) is 0 Å². The topological polar surface area (TPSA) is 68.8 Å². The smallest absolute Gasteiger partial charge is 0.319 e. The van der Waals surface area contributed by atoms with Crippen LogP contribution in [0.4, 0.5) is 10.5 Å². The molecule has 0 unspecified atom stereocenters. The van der Waals surface area contributed by atoms with Crippen molar-refractivity contribution in [3.8, 4) is 5.75 Å². The third-order valence-electron chi connectivity index (χ3n) is 2.48. The zero-order valence-corrected chi connectivity index (χ0v) is 12.0. The van der Waals surface area contributed by atoms with Gasteiger partial charge in [0.05, 0.1) is 6.61 Å². The summed E-state index contributed by atoms with van der Waals surface area (Å²) in [5, 5.41) is 5.49. The van der Waals surface area contributed by atoms with Gasteiger partial charge in [-0.15, -0.1) is 0 Å². The highest BCUT2D eigenvalue weighted by molar-refractivity contribution is 5.89. The summed E-state index contributed by atoms with van der Waals surface area (Å²) in [5.41, 5.74) is 0.716. The minimum absolute atomic E-state index is 0.228. The quantitative estimate of drug-likeness (QED) is 0.678. The van der Waals surface area contributed by atoms with Gasteiger partial charge >= 0.3 is 6.03 Å². The Labute approximate surface area is 119 Å². The monoisotopic (exact) mass is 282 g/mol. The average Bonchev–Trinajstić information content (AvgIpc) is 2.46. The molecule has 0 saturated heterocycles. The standard InChI is InChI=1S/C14H22N2O4/c1-18-9-3-8-15-14(17)16-12-4-6-13(7-5-12)20-11-10-19-2/h4-7H,3,8-11H2,1-2H3,(H2,15,16,17). The SMILES string of the molecule is COCCCNC(=O)Nc1ccc(OCCOC)cc1. The molecule has 0 aliphatic rings. The summed E-state index contributed by atoms with van der Waals surface area (Å²) in [4.78, 5) is 11.6. The van der Waals surface area contributed by atoms with E-state index in [0.717, 1.165) is 12.2 Å². The summed E-state index contributed by atoms with van der Waals surface area (Å²) in [6.07, 6.45) is 0.788. The normalized spacial score (nSPS) is 10.1. The lowest BCUT2D eigenvalue weighted by Gasteiger charge is -2.09. The van der Waals surface area contributed by atoms with Gasteiger partial charge in [0, 0.05) is 33.1 Å². The molecule has 20 heavy (non-hydrogen) atoms. The Kier molecular flexibility index (Phi) is 8.17. The van der Waals surface area contributed by atoms with Crippen LogP contribution in [0.3, 0.4) is 0 Å². The molecule has 2 amide bonds. The maximum Gasteiger partial charge on any atom is 0.319 e. The Bertz CT molecular complexity index is 381. The molecule has 6 heteroatoms. The lowest BCUT2D eigenvalue weighted by Crippen LogP contribution is -2.29. The molecule has 0 saturated carbocycles. The molecule has 112 valence electrons. The Morgan fingerprint density at radius 3 is 2.40 bits per heavy atom. The van der Waals surface area contributed by atoms with E-state index >= 15 is 0 Å². The molecule has 1 aromatic carbocycles. The van der Waals surface area contributed by atoms with Crippen LogP contribution in [-0.2, 0) is 9.47 Å². The van der Waals surface area contributed by atoms with Crippen molar-refractivity contribution in [3.63, 3.8) is 0 Å². The van der Waals surface area contributed by atoms with Crippen molar-refractivity contribution in [2.75, 3.05) is 45.9 Å². The molecule has 0 atom stereocenters. The average molecular weight is 282 g/mol. The Balaban J connectivity index is 2.27. The van der Waals surface area contributed by atoms with Gasteiger partial charge in [-0.25, -0.2) is 4.79 Å². The highest BCUT2D eigenvalue weighted by atomic mass is 16.5. The molecule has 2 N–H and O–H groups in total. The first kappa shape index (κ1) is 16.3. The first-order chi connectivity index (χ1) is 9.76. The van der Waals surface area contributed by atoms with E-state index in [0.29, 0.717) is 32.1 Å². The summed E-state index contributed by atoms with van der Waals surface area (Å²) in [7, 11) is 3.26. The molecule has 6 nitrogen and oxygen atoms in total. The maximum absolute atomic E-state index is 11.6. The number of urea groups is 1. The molecule has 0 spiro atoms. The number of carbonyl (C=O) groups is 1. The number of hydrogen-bond acceptors (Lipinski definition) is 4. The van der Waals surface area contributed by atoms with Crippen LogP contribution >= 0.6 is 0 Å². The number of ether oxygens (including phenoxy) is 3. The fourth-order valence-corrected chi connectivity index (χ4v) is 1.47. The number of benzene rings is 1. The minimum Gasteiger partial charge on any atom is -0.491 e. The zero-order chi connectivity index (χ0) is 14.6. The third kappa shape index (κ3) is 6.96. The number of rotatable bonds is 9. The Morgan fingerprint density at radius 1 is 1.05 bits per heavy atom. The van der Waals surface area contributed by atoms with Crippen LogP contribution < -0.4 is 15.4 Å². The Hall–Kier alpha value is -1.79. The molecule has 0 bridgehead atoms. The summed E-state index contributed by atoms with van der Waals surface area (Å²) in [5.74, 6) is 0.744. The van der Waals surface area contributed by atoms with Crippen LogP contribution in [0.25, 0.3) is 0 Å². The van der Waals surface area contributed by atoms with Crippen LogP contribution in [-0.4, -0.2) is 46.6 Å². The molecule has 1 rings (SSSR count). The molecule has 0 radical (unpaired) electrons. The van der Waals surface area contributed by atoms with Gasteiger partial charge in [-0.2, -0.15) is 0 Å². The van der Waals surface area contributed by atoms with E-state index in [4.69, 9.17) is 14.2 Å². The van der Waals surface area contributed by atoms with Crippen LogP contribution in [0.15, 0.2) is 24.3 Å². The van der Waals surface area contributed by atoms with Crippen molar-refractivity contribution in [1.29, 1.82) is 0 Å². The lowest BCUT2D eigenvalue weighted by atomic mass is 10.3. The third-order valence-corrected chi connectivity index (χ3v) is 2.48. The van der Waals surface area contributed by atoms with Crippen molar-refractivity contribution in [3.05, 3.63) is 24.3 Å². The van der Waals surface area contributed by atoms with Crippen molar-refractivity contribution in [1.82, 2.24) is 5.32 Å². The number of methoxy groups -OCH3 is 2. The number of amides is 2. The summed E-state index contributed by atoms with van der Waals surface area (Å²) in [6.45, 7) is 2.26. The maximum atomic E-state index is 11.6. The van der Waals surface area contributed by atoms with E-state index in [2.05, 4.69) is 10.6 Å². The van der Waals surface area contributed by atoms with Crippen molar-refractivity contribution < 1.29 is 19.0 Å². The first-order valence-electron chi connectivity index (χ1n) is 6.52. The van der Waals surface area contributed by atoms with Crippen LogP contribution in [0.1, 0.15) is 6.42 Å². The molecule has 0 aliphatic carbocycles. The van der Waals surface area contributed by atoms with Crippen LogP contribution in [0.5, 0.6) is 5.75 Å². The second-order valence-electron chi connectivity index (χ2n) is 4.09. The number of hydrogen-bond donors (Lipinski definition) is 2. The van der Waals surface area contributed by atoms with E-state index < -0.39 is 0 Å². The van der Waals surface area contributed by atoms with E-state index in [1.807, 2.05) is 0 Å². The molecule has 0 heterocycles. The van der Waals surface area contributed by atoms with Crippen LogP contribution in [0, 0.1) is 0 Å². The van der Waals surface area contributed by atoms with Crippen molar-refractivity contribution in [2.24, 2.45) is 0 Å². The molecular formula is C14H22N2O4. The molecule has 0 fully saturated rings. The van der Waals surface area contributed by atoms with Gasteiger partial charge in [0.1, 0.15) is 12.4 Å². The Morgan fingerprint density at radius 2 is 1.75 bits per heavy atom. The fourth-order valence-electron chi connectivity index (χ4n) is 1.47. The predicted molar refractivity (Wildman–Crippen MR) is 77.3 cm³/mol. The van der Waals surface area contributed by atoms with Crippen molar-refractivity contribution in [2.45, 2.75) is 6.42 Å². The first-order valence-corrected chi connectivity index (χ1v) is 6.52. The molecule has 0 aromatic heterocycles. The summed E-state index contributed by atoms with van der Waals surface area (Å²) in [6, 6.07) is 6.95. The highest BCUT2D eigenvalue weighted by Crippen LogP contribution is 2.15. The van der Waals surface area contributed by atoms with Gasteiger partial charge in [-0.05, 0) is 30.7 Å². The molecule has 1 aromatic rings. The van der Waals surface area contributed by atoms with Gasteiger partial charge in [-0.1, -0.05) is 0 Å². The zero-order valence-electron chi connectivity index (χ0n) is 12.0. The van der Waals surface area contributed by atoms with Gasteiger partial charge < -0.3 is 24.8 Å². The number of anilines is 1. The fraction of sp³-hybridized carbons (Fsp3) is 0.500. The van der Waals surface area contributed by atoms with Gasteiger partial charge in [-0.3, -0.25) is 0 Å².